The van der Waals surface area contributed by atoms with Gasteiger partial charge >= 0.3 is 0 Å². The topological polar surface area (TPSA) is 70.7 Å². The van der Waals surface area contributed by atoms with Crippen LogP contribution in [0.2, 0.25) is 0 Å². The van der Waals surface area contributed by atoms with Crippen LogP contribution in [0.5, 0.6) is 0 Å². The first-order chi connectivity index (χ1) is 11.6. The minimum Gasteiger partial charge on any atom is -0.455 e. The SMILES string of the molecule is Cc1c(-c2ccccc2)oc2c(C(O)CCCO)cccc2c1=O. The van der Waals surface area contributed by atoms with Crippen molar-refractivity contribution < 1.29 is 14.6 Å². The molecule has 1 unspecified atom stereocenters. The Bertz CT molecular complexity index is 897. The van der Waals surface area contributed by atoms with Crippen LogP contribution in [0.4, 0.5) is 0 Å². The van der Waals surface area contributed by atoms with Crippen molar-refractivity contribution in [2.45, 2.75) is 25.9 Å². The zero-order valence-corrected chi connectivity index (χ0v) is 13.5. The number of rotatable bonds is 5. The Morgan fingerprint density at radius 2 is 1.83 bits per heavy atom. The standard InChI is InChI=1S/C20H20O4/c1-13-18(23)16-10-5-9-15(17(22)11-6-12-21)20(16)24-19(13)14-7-3-2-4-8-14/h2-5,7-10,17,21-22H,6,11-12H2,1H3. The van der Waals surface area contributed by atoms with Crippen molar-refractivity contribution >= 4 is 11.0 Å². The van der Waals surface area contributed by atoms with Crippen molar-refractivity contribution in [3.8, 4) is 11.3 Å². The molecule has 0 saturated carbocycles. The third kappa shape index (κ3) is 2.98. The van der Waals surface area contributed by atoms with E-state index in [9.17, 15) is 9.90 Å². The molecule has 3 rings (SSSR count). The lowest BCUT2D eigenvalue weighted by Crippen LogP contribution is -2.09. The fraction of sp³-hybridized carbons (Fsp3) is 0.250. The summed E-state index contributed by atoms with van der Waals surface area (Å²) in [5.74, 6) is 0.523. The maximum Gasteiger partial charge on any atom is 0.196 e. The molecule has 0 saturated heterocycles. The van der Waals surface area contributed by atoms with Gasteiger partial charge in [0.15, 0.2) is 5.43 Å². The molecule has 0 bridgehead atoms. The van der Waals surface area contributed by atoms with Crippen LogP contribution in [0.15, 0.2) is 57.7 Å². The average molecular weight is 324 g/mol. The Labute approximate surface area is 140 Å². The summed E-state index contributed by atoms with van der Waals surface area (Å²) >= 11 is 0. The molecule has 1 heterocycles. The second-order valence-corrected chi connectivity index (χ2v) is 5.86. The Morgan fingerprint density at radius 3 is 2.54 bits per heavy atom. The largest absolute Gasteiger partial charge is 0.455 e. The highest BCUT2D eigenvalue weighted by molar-refractivity contribution is 5.83. The highest BCUT2D eigenvalue weighted by atomic mass is 16.3. The van der Waals surface area contributed by atoms with Crippen molar-refractivity contribution in [3.63, 3.8) is 0 Å². The van der Waals surface area contributed by atoms with Gasteiger partial charge in [-0.25, -0.2) is 0 Å². The number of fused-ring (bicyclic) bond motifs is 1. The van der Waals surface area contributed by atoms with Gasteiger partial charge < -0.3 is 14.6 Å². The van der Waals surface area contributed by atoms with Gasteiger partial charge in [-0.3, -0.25) is 4.79 Å². The van der Waals surface area contributed by atoms with E-state index < -0.39 is 6.10 Å². The van der Waals surface area contributed by atoms with Gasteiger partial charge in [-0.05, 0) is 25.8 Å². The van der Waals surface area contributed by atoms with Gasteiger partial charge in [0.05, 0.1) is 11.5 Å². The second-order valence-electron chi connectivity index (χ2n) is 5.86. The molecule has 0 spiro atoms. The zero-order chi connectivity index (χ0) is 17.1. The van der Waals surface area contributed by atoms with Crippen LogP contribution in [-0.2, 0) is 0 Å². The molecule has 1 atom stereocenters. The summed E-state index contributed by atoms with van der Waals surface area (Å²) in [6.45, 7) is 1.77. The maximum atomic E-state index is 12.7. The summed E-state index contributed by atoms with van der Waals surface area (Å²) in [6.07, 6.45) is 0.114. The fourth-order valence-electron chi connectivity index (χ4n) is 2.90. The van der Waals surface area contributed by atoms with Crippen LogP contribution in [0.25, 0.3) is 22.3 Å². The fourth-order valence-corrected chi connectivity index (χ4v) is 2.90. The molecule has 2 aromatic carbocycles. The van der Waals surface area contributed by atoms with Crippen LogP contribution in [-0.4, -0.2) is 16.8 Å². The van der Waals surface area contributed by atoms with Crippen molar-refractivity contribution in [2.24, 2.45) is 0 Å². The molecule has 1 aromatic heterocycles. The Balaban J connectivity index is 2.23. The molecular formula is C20H20O4. The molecule has 4 heteroatoms. The number of aliphatic hydroxyl groups is 2. The summed E-state index contributed by atoms with van der Waals surface area (Å²) in [5, 5.41) is 19.8. The van der Waals surface area contributed by atoms with E-state index >= 15 is 0 Å². The van der Waals surface area contributed by atoms with E-state index in [1.165, 1.54) is 0 Å². The molecule has 0 radical (unpaired) electrons. The molecule has 0 aliphatic rings. The van der Waals surface area contributed by atoms with Gasteiger partial charge in [0, 0.05) is 23.3 Å². The molecule has 24 heavy (non-hydrogen) atoms. The maximum absolute atomic E-state index is 12.7. The molecular weight excluding hydrogens is 304 g/mol. The van der Waals surface area contributed by atoms with Crippen molar-refractivity contribution in [2.75, 3.05) is 6.61 Å². The number of hydrogen-bond acceptors (Lipinski definition) is 4. The number of aliphatic hydroxyl groups excluding tert-OH is 2. The van der Waals surface area contributed by atoms with E-state index in [1.807, 2.05) is 30.3 Å². The normalized spacial score (nSPS) is 12.5. The average Bonchev–Trinajstić information content (AvgIpc) is 2.63. The predicted molar refractivity (Wildman–Crippen MR) is 93.9 cm³/mol. The molecule has 0 aliphatic heterocycles. The lowest BCUT2D eigenvalue weighted by atomic mass is 10.00. The lowest BCUT2D eigenvalue weighted by Gasteiger charge is -2.14. The molecule has 0 fully saturated rings. The molecule has 3 aromatic rings. The van der Waals surface area contributed by atoms with Crippen LogP contribution in [0.1, 0.15) is 30.1 Å². The van der Waals surface area contributed by atoms with Gasteiger partial charge in [-0.1, -0.05) is 42.5 Å². The molecule has 124 valence electrons. The van der Waals surface area contributed by atoms with Gasteiger partial charge in [0.25, 0.3) is 0 Å². The van der Waals surface area contributed by atoms with Gasteiger partial charge in [0.2, 0.25) is 0 Å². The summed E-state index contributed by atoms with van der Waals surface area (Å²) < 4.78 is 6.07. The highest BCUT2D eigenvalue weighted by Gasteiger charge is 2.18. The number of benzene rings is 2. The van der Waals surface area contributed by atoms with E-state index in [4.69, 9.17) is 9.52 Å². The van der Waals surface area contributed by atoms with Gasteiger partial charge in [-0.2, -0.15) is 0 Å². The van der Waals surface area contributed by atoms with Crippen molar-refractivity contribution in [1.82, 2.24) is 0 Å². The minimum absolute atomic E-state index is 0.0140. The van der Waals surface area contributed by atoms with Crippen LogP contribution < -0.4 is 5.43 Å². The first-order valence-corrected chi connectivity index (χ1v) is 8.04. The van der Waals surface area contributed by atoms with Crippen molar-refractivity contribution in [1.29, 1.82) is 0 Å². The van der Waals surface area contributed by atoms with Gasteiger partial charge in [0.1, 0.15) is 11.3 Å². The first kappa shape index (κ1) is 16.4. The van der Waals surface area contributed by atoms with E-state index in [1.54, 1.807) is 25.1 Å². The third-order valence-electron chi connectivity index (χ3n) is 4.21. The van der Waals surface area contributed by atoms with E-state index in [0.717, 1.165) is 5.56 Å². The quantitative estimate of drug-likeness (QED) is 0.752. The Hall–Kier alpha value is -2.43. The third-order valence-corrected chi connectivity index (χ3v) is 4.21. The lowest BCUT2D eigenvalue weighted by molar-refractivity contribution is 0.152. The number of hydrogen-bond donors (Lipinski definition) is 2. The van der Waals surface area contributed by atoms with Crippen LogP contribution in [0.3, 0.4) is 0 Å². The van der Waals surface area contributed by atoms with Gasteiger partial charge in [-0.15, -0.1) is 0 Å². The number of para-hydroxylation sites is 1. The van der Waals surface area contributed by atoms with E-state index in [-0.39, 0.29) is 12.0 Å². The van der Waals surface area contributed by atoms with Crippen LogP contribution in [0, 0.1) is 6.92 Å². The Kier molecular flexibility index (Phi) is 4.79. The van der Waals surface area contributed by atoms with E-state index in [0.29, 0.717) is 40.7 Å². The summed E-state index contributed by atoms with van der Waals surface area (Å²) in [6, 6.07) is 14.7. The summed E-state index contributed by atoms with van der Waals surface area (Å²) in [4.78, 5) is 12.7. The summed E-state index contributed by atoms with van der Waals surface area (Å²) in [5.41, 5.74) is 2.28. The second kappa shape index (κ2) is 6.99. The summed E-state index contributed by atoms with van der Waals surface area (Å²) in [7, 11) is 0. The van der Waals surface area contributed by atoms with Crippen LogP contribution >= 0.6 is 0 Å². The minimum atomic E-state index is -0.782. The zero-order valence-electron chi connectivity index (χ0n) is 13.5. The smallest absolute Gasteiger partial charge is 0.196 e. The van der Waals surface area contributed by atoms with Crippen molar-refractivity contribution in [3.05, 3.63) is 69.9 Å². The monoisotopic (exact) mass is 324 g/mol. The molecule has 0 amide bonds. The molecule has 0 aliphatic carbocycles. The highest BCUT2D eigenvalue weighted by Crippen LogP contribution is 2.30. The predicted octanol–water partition coefficient (Wildman–Crippen LogP) is 3.57. The Morgan fingerprint density at radius 1 is 1.08 bits per heavy atom. The first-order valence-electron chi connectivity index (χ1n) is 8.04. The molecule has 2 N–H and O–H groups in total. The van der Waals surface area contributed by atoms with E-state index in [2.05, 4.69) is 0 Å². The molecule has 4 nitrogen and oxygen atoms in total.